The van der Waals surface area contributed by atoms with Crippen LogP contribution in [0.5, 0.6) is 0 Å². The molecule has 1 fully saturated rings. The number of anilines is 1. The fraction of sp³-hybridized carbons (Fsp3) is 0.471. The highest BCUT2D eigenvalue weighted by Crippen LogP contribution is 2.28. The first kappa shape index (κ1) is 17.0. The quantitative estimate of drug-likeness (QED) is 0.743. The molecule has 1 amide bonds. The number of halogens is 1. The van der Waals surface area contributed by atoms with Crippen LogP contribution >= 0.6 is 15.9 Å². The van der Waals surface area contributed by atoms with Crippen LogP contribution in [0.2, 0.25) is 0 Å². The molecule has 1 aromatic heterocycles. The van der Waals surface area contributed by atoms with E-state index in [1.54, 1.807) is 11.1 Å². The van der Waals surface area contributed by atoms with Gasteiger partial charge in [0, 0.05) is 36.0 Å². The monoisotopic (exact) mass is 392 g/mol. The number of benzene rings is 1. The molecule has 0 saturated carbocycles. The highest BCUT2D eigenvalue weighted by molar-refractivity contribution is 9.10. The molecule has 0 N–H and O–H groups in total. The molecule has 0 unspecified atom stereocenters. The SMILES string of the molecule is CC(C)(C)OC(=O)N1CCN(c2cnnc3ccc(Br)cc23)CC1. The smallest absolute Gasteiger partial charge is 0.410 e. The van der Waals surface area contributed by atoms with Crippen LogP contribution in [0, 0.1) is 0 Å². The number of rotatable bonds is 1. The van der Waals surface area contributed by atoms with Gasteiger partial charge in [0.25, 0.3) is 0 Å². The number of aromatic nitrogens is 2. The summed E-state index contributed by atoms with van der Waals surface area (Å²) in [5, 5.41) is 9.35. The van der Waals surface area contributed by atoms with E-state index in [9.17, 15) is 4.79 Å². The normalized spacial score (nSPS) is 15.7. The van der Waals surface area contributed by atoms with Crippen molar-refractivity contribution in [1.29, 1.82) is 0 Å². The number of fused-ring (bicyclic) bond motifs is 1. The highest BCUT2D eigenvalue weighted by atomic mass is 79.9. The minimum Gasteiger partial charge on any atom is -0.444 e. The fourth-order valence-corrected chi connectivity index (χ4v) is 3.09. The van der Waals surface area contributed by atoms with Crippen LogP contribution in [-0.2, 0) is 4.74 Å². The van der Waals surface area contributed by atoms with E-state index >= 15 is 0 Å². The lowest BCUT2D eigenvalue weighted by Gasteiger charge is -2.36. The average Bonchev–Trinajstić information content (AvgIpc) is 2.53. The highest BCUT2D eigenvalue weighted by Gasteiger charge is 2.26. The first-order chi connectivity index (χ1) is 11.3. The van der Waals surface area contributed by atoms with Gasteiger partial charge >= 0.3 is 6.09 Å². The van der Waals surface area contributed by atoms with Crippen LogP contribution < -0.4 is 4.90 Å². The molecule has 0 atom stereocenters. The lowest BCUT2D eigenvalue weighted by atomic mass is 10.2. The number of carbonyl (C=O) groups is 1. The third kappa shape index (κ3) is 3.77. The van der Waals surface area contributed by atoms with Crippen LogP contribution in [0.4, 0.5) is 10.5 Å². The number of amides is 1. The molecular weight excluding hydrogens is 372 g/mol. The van der Waals surface area contributed by atoms with Crippen LogP contribution in [-0.4, -0.2) is 53.0 Å². The zero-order valence-electron chi connectivity index (χ0n) is 14.1. The molecule has 0 aliphatic carbocycles. The fourth-order valence-electron chi connectivity index (χ4n) is 2.72. The summed E-state index contributed by atoms with van der Waals surface area (Å²) in [6.07, 6.45) is 1.54. The van der Waals surface area contributed by atoms with Crippen molar-refractivity contribution in [2.75, 3.05) is 31.1 Å². The molecular formula is C17H21BrN4O2. The maximum Gasteiger partial charge on any atom is 0.410 e. The van der Waals surface area contributed by atoms with Crippen molar-refractivity contribution in [1.82, 2.24) is 15.1 Å². The van der Waals surface area contributed by atoms with Crippen molar-refractivity contribution in [2.45, 2.75) is 26.4 Å². The second-order valence-electron chi connectivity index (χ2n) is 6.85. The number of carbonyl (C=O) groups excluding carboxylic acids is 1. The van der Waals surface area contributed by atoms with E-state index in [0.717, 1.165) is 34.2 Å². The largest absolute Gasteiger partial charge is 0.444 e. The second-order valence-corrected chi connectivity index (χ2v) is 7.76. The standard InChI is InChI=1S/C17H21BrN4O2/c1-17(2,3)24-16(23)22-8-6-21(7-9-22)15-11-19-20-14-5-4-12(18)10-13(14)15/h4-5,10-11H,6-9H2,1-3H3. The topological polar surface area (TPSA) is 58.6 Å². The van der Waals surface area contributed by atoms with E-state index in [1.807, 2.05) is 32.9 Å². The van der Waals surface area contributed by atoms with Crippen molar-refractivity contribution in [3.63, 3.8) is 0 Å². The Hall–Kier alpha value is -1.89. The molecule has 3 rings (SSSR count). The number of hydrogen-bond donors (Lipinski definition) is 0. The molecule has 2 aromatic rings. The van der Waals surface area contributed by atoms with Crippen molar-refractivity contribution in [2.24, 2.45) is 0 Å². The summed E-state index contributed by atoms with van der Waals surface area (Å²) in [7, 11) is 0. The molecule has 128 valence electrons. The van der Waals surface area contributed by atoms with Crippen molar-refractivity contribution in [3.05, 3.63) is 28.9 Å². The van der Waals surface area contributed by atoms with E-state index in [4.69, 9.17) is 4.74 Å². The minimum absolute atomic E-state index is 0.248. The van der Waals surface area contributed by atoms with Crippen molar-refractivity contribution in [3.8, 4) is 0 Å². The Morgan fingerprint density at radius 2 is 1.92 bits per heavy atom. The van der Waals surface area contributed by atoms with Crippen LogP contribution in [0.1, 0.15) is 20.8 Å². The maximum atomic E-state index is 12.2. The van der Waals surface area contributed by atoms with Crippen LogP contribution in [0.25, 0.3) is 10.9 Å². The average molecular weight is 393 g/mol. The number of hydrogen-bond acceptors (Lipinski definition) is 5. The lowest BCUT2D eigenvalue weighted by molar-refractivity contribution is 0.0240. The van der Waals surface area contributed by atoms with E-state index in [2.05, 4.69) is 37.1 Å². The molecule has 1 aromatic carbocycles. The van der Waals surface area contributed by atoms with Gasteiger partial charge in [-0.3, -0.25) is 0 Å². The summed E-state index contributed by atoms with van der Waals surface area (Å²) < 4.78 is 6.45. The third-order valence-corrected chi connectivity index (χ3v) is 4.35. The molecule has 24 heavy (non-hydrogen) atoms. The Morgan fingerprint density at radius 3 is 2.58 bits per heavy atom. The van der Waals surface area contributed by atoms with Gasteiger partial charge in [-0.25, -0.2) is 4.79 Å². The van der Waals surface area contributed by atoms with Gasteiger partial charge < -0.3 is 14.5 Å². The van der Waals surface area contributed by atoms with E-state index < -0.39 is 5.60 Å². The zero-order valence-corrected chi connectivity index (χ0v) is 15.7. The van der Waals surface area contributed by atoms with E-state index in [0.29, 0.717) is 13.1 Å². The molecule has 6 nitrogen and oxygen atoms in total. The molecule has 1 aliphatic rings. The molecule has 0 radical (unpaired) electrons. The Labute approximate surface area is 149 Å². The Bertz CT molecular complexity index is 752. The van der Waals surface area contributed by atoms with E-state index in [1.165, 1.54) is 0 Å². The zero-order chi connectivity index (χ0) is 17.3. The van der Waals surface area contributed by atoms with Gasteiger partial charge in [0.2, 0.25) is 0 Å². The molecule has 0 bridgehead atoms. The summed E-state index contributed by atoms with van der Waals surface area (Å²) in [5.74, 6) is 0. The van der Waals surface area contributed by atoms with Gasteiger partial charge in [0.1, 0.15) is 5.60 Å². The molecule has 0 spiro atoms. The first-order valence-corrected chi connectivity index (χ1v) is 8.76. The van der Waals surface area contributed by atoms with E-state index in [-0.39, 0.29) is 6.09 Å². The predicted octanol–water partition coefficient (Wildman–Crippen LogP) is 3.45. The number of nitrogens with zero attached hydrogens (tertiary/aromatic N) is 4. The maximum absolute atomic E-state index is 12.2. The summed E-state index contributed by atoms with van der Waals surface area (Å²) in [5.41, 5.74) is 1.45. The minimum atomic E-state index is -0.467. The van der Waals surface area contributed by atoms with Crippen LogP contribution in [0.3, 0.4) is 0 Å². The third-order valence-electron chi connectivity index (χ3n) is 3.85. The van der Waals surface area contributed by atoms with Gasteiger partial charge in [-0.1, -0.05) is 15.9 Å². The van der Waals surface area contributed by atoms with Gasteiger partial charge in [-0.2, -0.15) is 10.2 Å². The second kappa shape index (κ2) is 6.55. The van der Waals surface area contributed by atoms with Gasteiger partial charge in [-0.15, -0.1) is 0 Å². The predicted molar refractivity (Wildman–Crippen MR) is 97.3 cm³/mol. The molecule has 1 aliphatic heterocycles. The Kier molecular flexibility index (Phi) is 4.62. The lowest BCUT2D eigenvalue weighted by Crippen LogP contribution is -2.50. The van der Waals surface area contributed by atoms with Crippen LogP contribution in [0.15, 0.2) is 28.9 Å². The summed E-state index contributed by atoms with van der Waals surface area (Å²) in [4.78, 5) is 16.2. The molecule has 7 heteroatoms. The van der Waals surface area contributed by atoms with Crippen molar-refractivity contribution >= 4 is 38.6 Å². The summed E-state index contributed by atoms with van der Waals surface area (Å²) in [6.45, 7) is 8.40. The first-order valence-electron chi connectivity index (χ1n) is 7.97. The van der Waals surface area contributed by atoms with Gasteiger partial charge in [-0.05, 0) is 39.0 Å². The number of ether oxygens (including phenoxy) is 1. The molecule has 1 saturated heterocycles. The van der Waals surface area contributed by atoms with Gasteiger partial charge in [0.05, 0.1) is 17.4 Å². The van der Waals surface area contributed by atoms with Crippen molar-refractivity contribution < 1.29 is 9.53 Å². The Balaban J connectivity index is 1.73. The summed E-state index contributed by atoms with van der Waals surface area (Å²) >= 11 is 3.51. The summed E-state index contributed by atoms with van der Waals surface area (Å²) in [6, 6.07) is 5.97. The number of piperazine rings is 1. The Morgan fingerprint density at radius 1 is 1.21 bits per heavy atom. The van der Waals surface area contributed by atoms with Gasteiger partial charge in [0.15, 0.2) is 0 Å². The molecule has 2 heterocycles.